The van der Waals surface area contributed by atoms with Crippen LogP contribution in [0.5, 0.6) is 0 Å². The quantitative estimate of drug-likeness (QED) is 0.287. The molecule has 0 amide bonds. The van der Waals surface area contributed by atoms with Crippen molar-refractivity contribution in [2.45, 2.75) is 90.1 Å². The van der Waals surface area contributed by atoms with E-state index in [2.05, 4.69) is 0 Å². The van der Waals surface area contributed by atoms with Gasteiger partial charge in [0.2, 0.25) is 0 Å². The Kier molecular flexibility index (Phi) is 18.1. The molecular weight excluding hydrogens is 299 g/mol. The van der Waals surface area contributed by atoms with E-state index in [4.69, 9.17) is 5.11 Å². The van der Waals surface area contributed by atoms with E-state index >= 15 is 0 Å². The van der Waals surface area contributed by atoms with Crippen molar-refractivity contribution >= 4 is 10.1 Å². The number of unbranched alkanes of at least 4 members (excludes halogenated alkanes) is 10. The van der Waals surface area contributed by atoms with E-state index in [1.165, 1.54) is 38.5 Å². The molecule has 0 aliphatic carbocycles. The van der Waals surface area contributed by atoms with E-state index in [1.54, 1.807) is 0 Å². The standard InChI is InChI=1S/C15H32O4S.Na/c1-15(16)13-11-9-7-5-3-2-4-6-8-10-12-14-20(17,18)19;/h15-16H,2-14H2,1H3,(H,17,18,19);/q;+1/p-1. The topological polar surface area (TPSA) is 77.4 Å². The minimum atomic E-state index is -4.01. The summed E-state index contributed by atoms with van der Waals surface area (Å²) in [6, 6.07) is 0. The molecule has 1 unspecified atom stereocenters. The molecule has 4 nitrogen and oxygen atoms in total. The third-order valence-electron chi connectivity index (χ3n) is 3.52. The molecule has 6 heteroatoms. The van der Waals surface area contributed by atoms with Gasteiger partial charge >= 0.3 is 29.6 Å². The van der Waals surface area contributed by atoms with Crippen LogP contribution in [-0.4, -0.2) is 29.9 Å². The van der Waals surface area contributed by atoms with Gasteiger partial charge in [-0.05, 0) is 19.8 Å². The summed E-state index contributed by atoms with van der Waals surface area (Å²) >= 11 is 0. The molecule has 1 atom stereocenters. The van der Waals surface area contributed by atoms with Gasteiger partial charge in [0.1, 0.15) is 0 Å². The Morgan fingerprint density at radius 3 is 1.48 bits per heavy atom. The Morgan fingerprint density at radius 2 is 1.14 bits per heavy atom. The van der Waals surface area contributed by atoms with Gasteiger partial charge in [-0.1, -0.05) is 64.2 Å². The fourth-order valence-electron chi connectivity index (χ4n) is 2.31. The first-order valence-corrected chi connectivity index (χ1v) is 9.61. The molecule has 0 bridgehead atoms. The Labute approximate surface area is 153 Å². The normalized spacial score (nSPS) is 12.9. The van der Waals surface area contributed by atoms with Crippen LogP contribution in [0.15, 0.2) is 0 Å². The van der Waals surface area contributed by atoms with Crippen LogP contribution in [0, 0.1) is 0 Å². The van der Waals surface area contributed by atoms with Crippen LogP contribution in [-0.2, 0) is 10.1 Å². The number of hydrogen-bond acceptors (Lipinski definition) is 4. The van der Waals surface area contributed by atoms with Gasteiger partial charge in [0.05, 0.1) is 16.2 Å². The zero-order chi connectivity index (χ0) is 15.3. The first-order valence-electron chi connectivity index (χ1n) is 8.03. The van der Waals surface area contributed by atoms with Crippen LogP contribution in [0.2, 0.25) is 0 Å². The van der Waals surface area contributed by atoms with Gasteiger partial charge < -0.3 is 9.66 Å². The number of aliphatic hydroxyl groups excluding tert-OH is 1. The average molecular weight is 330 g/mol. The van der Waals surface area contributed by atoms with E-state index in [-0.39, 0.29) is 41.4 Å². The molecule has 0 saturated heterocycles. The molecule has 0 spiro atoms. The van der Waals surface area contributed by atoms with E-state index in [1.807, 2.05) is 6.92 Å². The van der Waals surface area contributed by atoms with E-state index in [0.717, 1.165) is 32.1 Å². The minimum Gasteiger partial charge on any atom is -0.748 e. The SMILES string of the molecule is CC(O)CCCCCCCCCCCCCS(=O)(=O)[O-].[Na+]. The number of rotatable bonds is 14. The van der Waals surface area contributed by atoms with Crippen LogP contribution in [0.1, 0.15) is 84.0 Å². The third-order valence-corrected chi connectivity index (χ3v) is 4.30. The van der Waals surface area contributed by atoms with Gasteiger partial charge in [0.15, 0.2) is 0 Å². The first kappa shape index (κ1) is 24.1. The molecule has 0 saturated carbocycles. The molecule has 0 aromatic heterocycles. The van der Waals surface area contributed by atoms with Gasteiger partial charge in [-0.2, -0.15) is 0 Å². The molecular formula is C15H31NaO4S. The molecule has 0 aliphatic rings. The molecule has 0 fully saturated rings. The Balaban J connectivity index is 0. The van der Waals surface area contributed by atoms with Crippen molar-refractivity contribution in [1.29, 1.82) is 0 Å². The number of hydrogen-bond donors (Lipinski definition) is 1. The maximum atomic E-state index is 10.4. The Bertz CT molecular complexity index is 305. The fourth-order valence-corrected chi connectivity index (χ4v) is 2.87. The van der Waals surface area contributed by atoms with E-state index < -0.39 is 10.1 Å². The van der Waals surface area contributed by atoms with Crippen LogP contribution in [0.3, 0.4) is 0 Å². The molecule has 122 valence electrons. The smallest absolute Gasteiger partial charge is 0.748 e. The summed E-state index contributed by atoms with van der Waals surface area (Å²) in [4.78, 5) is 0. The van der Waals surface area contributed by atoms with Gasteiger partial charge in [-0.25, -0.2) is 8.42 Å². The van der Waals surface area contributed by atoms with Crippen molar-refractivity contribution in [2.24, 2.45) is 0 Å². The van der Waals surface area contributed by atoms with Crippen LogP contribution in [0.4, 0.5) is 0 Å². The van der Waals surface area contributed by atoms with Crippen molar-refractivity contribution in [3.63, 3.8) is 0 Å². The Hall–Kier alpha value is 0.870. The van der Waals surface area contributed by atoms with E-state index in [9.17, 15) is 13.0 Å². The largest absolute Gasteiger partial charge is 1.00 e. The monoisotopic (exact) mass is 330 g/mol. The van der Waals surface area contributed by atoms with Crippen molar-refractivity contribution in [1.82, 2.24) is 0 Å². The van der Waals surface area contributed by atoms with Crippen molar-refractivity contribution in [3.8, 4) is 0 Å². The minimum absolute atomic E-state index is 0. The summed E-state index contributed by atoms with van der Waals surface area (Å²) < 4.78 is 31.1. The summed E-state index contributed by atoms with van der Waals surface area (Å²) in [5, 5.41) is 9.11. The van der Waals surface area contributed by atoms with Crippen LogP contribution in [0.25, 0.3) is 0 Å². The molecule has 0 heterocycles. The maximum absolute atomic E-state index is 10.4. The molecule has 0 aliphatic heterocycles. The van der Waals surface area contributed by atoms with Crippen LogP contribution < -0.4 is 29.6 Å². The second-order valence-electron chi connectivity index (χ2n) is 5.79. The molecule has 1 N–H and O–H groups in total. The van der Waals surface area contributed by atoms with Crippen molar-refractivity contribution in [2.75, 3.05) is 5.75 Å². The summed E-state index contributed by atoms with van der Waals surface area (Å²) in [7, 11) is -4.01. The summed E-state index contributed by atoms with van der Waals surface area (Å²) in [5.74, 6) is -0.209. The van der Waals surface area contributed by atoms with Crippen molar-refractivity contribution < 1.29 is 47.6 Å². The van der Waals surface area contributed by atoms with Gasteiger partial charge in [0, 0.05) is 5.75 Å². The van der Waals surface area contributed by atoms with Crippen molar-refractivity contribution in [3.05, 3.63) is 0 Å². The van der Waals surface area contributed by atoms with E-state index in [0.29, 0.717) is 6.42 Å². The predicted molar refractivity (Wildman–Crippen MR) is 81.6 cm³/mol. The zero-order valence-electron chi connectivity index (χ0n) is 13.8. The van der Waals surface area contributed by atoms with Gasteiger partial charge in [-0.15, -0.1) is 0 Å². The molecule has 0 rings (SSSR count). The molecule has 0 aromatic carbocycles. The fraction of sp³-hybridized carbons (Fsp3) is 1.00. The molecule has 0 aromatic rings. The second kappa shape index (κ2) is 15.8. The number of aliphatic hydroxyl groups is 1. The summed E-state index contributed by atoms with van der Waals surface area (Å²) in [5.41, 5.74) is 0. The first-order chi connectivity index (χ1) is 9.42. The average Bonchev–Trinajstić information content (AvgIpc) is 2.33. The summed E-state index contributed by atoms with van der Waals surface area (Å²) in [6.45, 7) is 1.84. The predicted octanol–water partition coefficient (Wildman–Crippen LogP) is 0.598. The summed E-state index contributed by atoms with van der Waals surface area (Å²) in [6.07, 6.45) is 12.9. The van der Waals surface area contributed by atoms with Crippen LogP contribution >= 0.6 is 0 Å². The second-order valence-corrected chi connectivity index (χ2v) is 7.31. The third kappa shape index (κ3) is 23.3. The maximum Gasteiger partial charge on any atom is 1.00 e. The molecule has 21 heavy (non-hydrogen) atoms. The zero-order valence-corrected chi connectivity index (χ0v) is 16.7. The Morgan fingerprint density at radius 1 is 0.810 bits per heavy atom. The van der Waals surface area contributed by atoms with Gasteiger partial charge in [-0.3, -0.25) is 0 Å². The molecule has 0 radical (unpaired) electrons. The van der Waals surface area contributed by atoms with Gasteiger partial charge in [0.25, 0.3) is 0 Å².